The van der Waals surface area contributed by atoms with Crippen LogP contribution in [0, 0.1) is 23.7 Å². The molecule has 4 rings (SSSR count). The highest BCUT2D eigenvalue weighted by Gasteiger charge is 2.56. The molecule has 0 amide bonds. The fraction of sp³-hybridized carbons (Fsp3) is 0.471. The molecule has 0 aliphatic heterocycles. The van der Waals surface area contributed by atoms with E-state index in [0.29, 0.717) is 17.6 Å². The Balaban J connectivity index is 1.71. The van der Waals surface area contributed by atoms with E-state index in [0.717, 1.165) is 23.8 Å². The Morgan fingerprint density at radius 2 is 1.72 bits per heavy atom. The largest absolute Gasteiger partial charge is 0.294 e. The van der Waals surface area contributed by atoms with E-state index in [1.165, 1.54) is 24.8 Å². The van der Waals surface area contributed by atoms with Crippen molar-refractivity contribution in [3.05, 3.63) is 41.5 Å². The smallest absolute Gasteiger partial charge is 0.162 e. The number of Topliss-reactive ketones (excluding diaryl/α,β-unsaturated/α-hetero) is 1. The number of benzene rings is 1. The maximum absolute atomic E-state index is 12.4. The second-order valence-electron chi connectivity index (χ2n) is 6.08. The Kier molecular flexibility index (Phi) is 2.23. The Bertz CT molecular complexity index is 514. The van der Waals surface area contributed by atoms with Crippen LogP contribution in [0.25, 0.3) is 6.08 Å². The molecule has 0 N–H and O–H groups in total. The Labute approximate surface area is 108 Å². The predicted octanol–water partition coefficient (Wildman–Crippen LogP) is 3.71. The van der Waals surface area contributed by atoms with Crippen LogP contribution in [-0.2, 0) is 4.79 Å². The summed E-state index contributed by atoms with van der Waals surface area (Å²) >= 11 is 0. The molecule has 1 aromatic rings. The van der Waals surface area contributed by atoms with Gasteiger partial charge in [0.2, 0.25) is 0 Å². The lowest BCUT2D eigenvalue weighted by Gasteiger charge is -2.25. The zero-order valence-electron chi connectivity index (χ0n) is 10.5. The van der Waals surface area contributed by atoms with Gasteiger partial charge < -0.3 is 0 Å². The number of ketones is 1. The van der Waals surface area contributed by atoms with Gasteiger partial charge in [-0.25, -0.2) is 0 Å². The van der Waals surface area contributed by atoms with Crippen LogP contribution >= 0.6 is 0 Å². The minimum Gasteiger partial charge on any atom is -0.294 e. The monoisotopic (exact) mass is 238 g/mol. The lowest BCUT2D eigenvalue weighted by atomic mass is 9.78. The molecule has 1 heteroatoms. The van der Waals surface area contributed by atoms with Gasteiger partial charge in [-0.3, -0.25) is 4.79 Å². The summed E-state index contributed by atoms with van der Waals surface area (Å²) in [5, 5.41) is 0. The lowest BCUT2D eigenvalue weighted by molar-refractivity contribution is -0.120. The average molecular weight is 238 g/mol. The average Bonchev–Trinajstić information content (AvgIpc) is 3.04. The van der Waals surface area contributed by atoms with Crippen LogP contribution < -0.4 is 0 Å². The van der Waals surface area contributed by atoms with Crippen molar-refractivity contribution in [1.82, 2.24) is 0 Å². The summed E-state index contributed by atoms with van der Waals surface area (Å²) in [6, 6.07) is 10.3. The topological polar surface area (TPSA) is 17.1 Å². The van der Waals surface area contributed by atoms with Crippen molar-refractivity contribution in [2.24, 2.45) is 23.7 Å². The number of allylic oxidation sites excluding steroid dienone is 1. The summed E-state index contributed by atoms with van der Waals surface area (Å²) in [6.07, 6.45) is 7.30. The van der Waals surface area contributed by atoms with Gasteiger partial charge in [-0.1, -0.05) is 36.8 Å². The van der Waals surface area contributed by atoms with E-state index >= 15 is 0 Å². The van der Waals surface area contributed by atoms with Crippen molar-refractivity contribution in [2.45, 2.75) is 25.7 Å². The van der Waals surface area contributed by atoms with E-state index in [-0.39, 0.29) is 0 Å². The molecule has 18 heavy (non-hydrogen) atoms. The molecule has 0 aromatic heterocycles. The number of fused-ring (bicyclic) bond motifs is 5. The molecule has 0 saturated heterocycles. The molecular weight excluding hydrogens is 220 g/mol. The van der Waals surface area contributed by atoms with Gasteiger partial charge in [0.05, 0.1) is 0 Å². The van der Waals surface area contributed by atoms with E-state index in [4.69, 9.17) is 0 Å². The first-order chi connectivity index (χ1) is 8.84. The van der Waals surface area contributed by atoms with Crippen molar-refractivity contribution in [3.63, 3.8) is 0 Å². The lowest BCUT2D eigenvalue weighted by Crippen LogP contribution is -2.26. The van der Waals surface area contributed by atoms with Gasteiger partial charge in [0.25, 0.3) is 0 Å². The first-order valence-electron chi connectivity index (χ1n) is 7.15. The fourth-order valence-corrected chi connectivity index (χ4v) is 4.60. The third-order valence-electron chi connectivity index (χ3n) is 5.31. The fourth-order valence-electron chi connectivity index (χ4n) is 4.60. The van der Waals surface area contributed by atoms with Crippen LogP contribution in [0.4, 0.5) is 0 Å². The van der Waals surface area contributed by atoms with E-state index in [1.54, 1.807) is 0 Å². The molecular formula is C17H18O. The number of hydrogen-bond acceptors (Lipinski definition) is 1. The second-order valence-corrected chi connectivity index (χ2v) is 6.08. The molecule has 4 atom stereocenters. The third-order valence-corrected chi connectivity index (χ3v) is 5.31. The highest BCUT2D eigenvalue weighted by Crippen LogP contribution is 2.59. The second kappa shape index (κ2) is 3.81. The zero-order chi connectivity index (χ0) is 12.1. The number of carbonyl (C=O) groups excluding carboxylic acids is 1. The van der Waals surface area contributed by atoms with E-state index in [9.17, 15) is 4.79 Å². The molecule has 3 aliphatic carbocycles. The minimum atomic E-state index is 0.373. The summed E-state index contributed by atoms with van der Waals surface area (Å²) in [7, 11) is 0. The maximum Gasteiger partial charge on any atom is 0.162 e. The minimum absolute atomic E-state index is 0.373. The van der Waals surface area contributed by atoms with Gasteiger partial charge in [-0.15, -0.1) is 0 Å². The van der Waals surface area contributed by atoms with E-state index in [1.807, 2.05) is 18.2 Å². The van der Waals surface area contributed by atoms with Gasteiger partial charge in [0.15, 0.2) is 5.78 Å². The van der Waals surface area contributed by atoms with Crippen molar-refractivity contribution in [3.8, 4) is 0 Å². The predicted molar refractivity (Wildman–Crippen MR) is 71.9 cm³/mol. The van der Waals surface area contributed by atoms with Crippen LogP contribution in [0.3, 0.4) is 0 Å². The Hall–Kier alpha value is -1.37. The van der Waals surface area contributed by atoms with Gasteiger partial charge in [0, 0.05) is 5.92 Å². The van der Waals surface area contributed by atoms with Crippen LogP contribution in [0.15, 0.2) is 35.9 Å². The molecule has 4 unspecified atom stereocenters. The normalized spacial score (nSPS) is 39.6. The SMILES string of the molecule is O=C1/C(=C/c2ccccc2)C2CC1C1CCCC21. The van der Waals surface area contributed by atoms with Crippen molar-refractivity contribution < 1.29 is 4.79 Å². The van der Waals surface area contributed by atoms with Crippen molar-refractivity contribution >= 4 is 11.9 Å². The summed E-state index contributed by atoms with van der Waals surface area (Å²) in [5.41, 5.74) is 2.32. The molecule has 3 aliphatic rings. The highest BCUT2D eigenvalue weighted by atomic mass is 16.1. The molecule has 0 spiro atoms. The first-order valence-corrected chi connectivity index (χ1v) is 7.15. The molecule has 0 heterocycles. The molecule has 3 fully saturated rings. The van der Waals surface area contributed by atoms with Gasteiger partial charge in [-0.05, 0) is 54.2 Å². The van der Waals surface area contributed by atoms with E-state index in [2.05, 4.69) is 18.2 Å². The number of carbonyl (C=O) groups is 1. The van der Waals surface area contributed by atoms with Crippen molar-refractivity contribution in [2.75, 3.05) is 0 Å². The molecule has 92 valence electrons. The first kappa shape index (κ1) is 10.5. The highest BCUT2D eigenvalue weighted by molar-refractivity contribution is 6.05. The molecule has 1 aromatic carbocycles. The molecule has 1 nitrogen and oxygen atoms in total. The molecule has 3 saturated carbocycles. The van der Waals surface area contributed by atoms with Crippen LogP contribution in [-0.4, -0.2) is 5.78 Å². The third kappa shape index (κ3) is 1.36. The summed E-state index contributed by atoms with van der Waals surface area (Å²) in [4.78, 5) is 12.4. The van der Waals surface area contributed by atoms with Crippen LogP contribution in [0.1, 0.15) is 31.2 Å². The summed E-state index contributed by atoms with van der Waals surface area (Å²) < 4.78 is 0. The standard InChI is InChI=1S/C17H18O/c18-17-15(9-11-5-2-1-3-6-11)14-10-16(17)13-8-4-7-12(13)14/h1-3,5-6,9,12-14,16H,4,7-8,10H2/b15-9+. The zero-order valence-corrected chi connectivity index (χ0v) is 10.5. The summed E-state index contributed by atoms with van der Waals surface area (Å²) in [5.74, 6) is 2.97. The van der Waals surface area contributed by atoms with Crippen LogP contribution in [0.2, 0.25) is 0 Å². The van der Waals surface area contributed by atoms with Gasteiger partial charge in [-0.2, -0.15) is 0 Å². The summed E-state index contributed by atoms with van der Waals surface area (Å²) in [6.45, 7) is 0. The Morgan fingerprint density at radius 3 is 2.50 bits per heavy atom. The van der Waals surface area contributed by atoms with Crippen LogP contribution in [0.5, 0.6) is 0 Å². The van der Waals surface area contributed by atoms with E-state index < -0.39 is 0 Å². The van der Waals surface area contributed by atoms with Gasteiger partial charge in [0.1, 0.15) is 0 Å². The number of rotatable bonds is 1. The quantitative estimate of drug-likeness (QED) is 0.682. The molecule has 2 bridgehead atoms. The number of hydrogen-bond donors (Lipinski definition) is 0. The van der Waals surface area contributed by atoms with Crippen molar-refractivity contribution in [1.29, 1.82) is 0 Å². The maximum atomic E-state index is 12.4. The van der Waals surface area contributed by atoms with Gasteiger partial charge >= 0.3 is 0 Å². The Morgan fingerprint density at radius 1 is 1.00 bits per heavy atom. The molecule has 0 radical (unpaired) electrons.